The third-order valence-corrected chi connectivity index (χ3v) is 4.27. The summed E-state index contributed by atoms with van der Waals surface area (Å²) in [5, 5.41) is 12.1. The van der Waals surface area contributed by atoms with Gasteiger partial charge in [-0.15, -0.1) is 22.0 Å². The highest BCUT2D eigenvalue weighted by atomic mass is 32.2. The van der Waals surface area contributed by atoms with Crippen molar-refractivity contribution in [2.24, 2.45) is 0 Å². The lowest BCUT2D eigenvalue weighted by Gasteiger charge is -1.94. The van der Waals surface area contributed by atoms with E-state index in [1.807, 2.05) is 30.3 Å². The highest BCUT2D eigenvalue weighted by molar-refractivity contribution is 7.97. The average Bonchev–Trinajstić information content (AvgIpc) is 3.11. The SMILES string of the molecule is c1ccc(-c2nnc(CSCc3nc(C4CC4)no3)o2)cc1. The van der Waals surface area contributed by atoms with Crippen LogP contribution in [-0.2, 0) is 11.5 Å². The molecule has 0 radical (unpaired) electrons. The molecule has 22 heavy (non-hydrogen) atoms. The molecule has 0 aliphatic heterocycles. The molecule has 7 heteroatoms. The van der Waals surface area contributed by atoms with Crippen LogP contribution in [0.4, 0.5) is 0 Å². The molecule has 6 nitrogen and oxygen atoms in total. The first kappa shape index (κ1) is 13.5. The summed E-state index contributed by atoms with van der Waals surface area (Å²) in [6, 6.07) is 9.74. The molecular formula is C15H14N4O2S. The summed E-state index contributed by atoms with van der Waals surface area (Å²) in [7, 11) is 0. The van der Waals surface area contributed by atoms with Gasteiger partial charge < -0.3 is 8.94 Å². The molecule has 0 bridgehead atoms. The van der Waals surface area contributed by atoms with Crippen LogP contribution in [0.25, 0.3) is 11.5 Å². The zero-order chi connectivity index (χ0) is 14.8. The molecule has 3 aromatic rings. The van der Waals surface area contributed by atoms with Gasteiger partial charge >= 0.3 is 0 Å². The predicted molar refractivity (Wildman–Crippen MR) is 81.0 cm³/mol. The number of thioether (sulfide) groups is 1. The Hall–Kier alpha value is -2.15. The molecule has 1 saturated carbocycles. The average molecular weight is 314 g/mol. The minimum atomic E-state index is 0.520. The van der Waals surface area contributed by atoms with Crippen molar-refractivity contribution in [3.8, 4) is 11.5 Å². The van der Waals surface area contributed by atoms with Gasteiger partial charge in [-0.25, -0.2) is 0 Å². The van der Waals surface area contributed by atoms with Crippen molar-refractivity contribution in [3.63, 3.8) is 0 Å². The lowest BCUT2D eigenvalue weighted by molar-refractivity contribution is 0.385. The Balaban J connectivity index is 1.33. The smallest absolute Gasteiger partial charge is 0.247 e. The second-order valence-electron chi connectivity index (χ2n) is 5.18. The molecule has 0 amide bonds. The first-order chi connectivity index (χ1) is 10.9. The first-order valence-corrected chi connectivity index (χ1v) is 8.32. The second-order valence-corrected chi connectivity index (χ2v) is 6.17. The fourth-order valence-electron chi connectivity index (χ4n) is 2.07. The lowest BCUT2D eigenvalue weighted by Crippen LogP contribution is -1.85. The molecule has 0 atom stereocenters. The molecule has 112 valence electrons. The molecule has 2 aromatic heterocycles. The Morgan fingerprint density at radius 1 is 1.05 bits per heavy atom. The summed E-state index contributed by atoms with van der Waals surface area (Å²) in [5.74, 6) is 4.46. The van der Waals surface area contributed by atoms with Crippen molar-refractivity contribution >= 4 is 11.8 Å². The van der Waals surface area contributed by atoms with E-state index in [2.05, 4.69) is 20.3 Å². The predicted octanol–water partition coefficient (Wildman–Crippen LogP) is 3.43. The molecule has 1 aromatic carbocycles. The summed E-state index contributed by atoms with van der Waals surface area (Å²) in [6.07, 6.45) is 2.35. The third kappa shape index (κ3) is 3.04. The highest BCUT2D eigenvalue weighted by Gasteiger charge is 2.28. The van der Waals surface area contributed by atoms with E-state index in [0.717, 1.165) is 11.4 Å². The van der Waals surface area contributed by atoms with Crippen molar-refractivity contribution in [1.82, 2.24) is 20.3 Å². The molecule has 0 saturated heterocycles. The van der Waals surface area contributed by atoms with Crippen molar-refractivity contribution < 1.29 is 8.94 Å². The number of hydrogen-bond donors (Lipinski definition) is 0. The number of aromatic nitrogens is 4. The Labute approximate surface area is 131 Å². The van der Waals surface area contributed by atoms with E-state index in [-0.39, 0.29) is 0 Å². The van der Waals surface area contributed by atoms with Crippen LogP contribution in [-0.4, -0.2) is 20.3 Å². The van der Waals surface area contributed by atoms with Crippen molar-refractivity contribution in [2.75, 3.05) is 0 Å². The number of benzene rings is 1. The topological polar surface area (TPSA) is 77.8 Å². The van der Waals surface area contributed by atoms with Gasteiger partial charge in [-0.2, -0.15) is 4.98 Å². The second kappa shape index (κ2) is 5.92. The maximum absolute atomic E-state index is 5.65. The standard InChI is InChI=1S/C15H14N4O2S/c1-2-4-11(5-3-1)15-18-17-13(20-15)9-22-8-12-16-14(19-21-12)10-6-7-10/h1-5,10H,6-9H2. The molecule has 0 unspecified atom stereocenters. The van der Waals surface area contributed by atoms with Gasteiger partial charge in [0.1, 0.15) is 0 Å². The van der Waals surface area contributed by atoms with E-state index in [0.29, 0.717) is 35.1 Å². The maximum Gasteiger partial charge on any atom is 0.247 e. The number of hydrogen-bond acceptors (Lipinski definition) is 7. The van der Waals surface area contributed by atoms with Crippen molar-refractivity contribution in [2.45, 2.75) is 30.3 Å². The first-order valence-electron chi connectivity index (χ1n) is 7.16. The Morgan fingerprint density at radius 2 is 1.86 bits per heavy atom. The van der Waals surface area contributed by atoms with E-state index in [4.69, 9.17) is 8.94 Å². The van der Waals surface area contributed by atoms with Crippen molar-refractivity contribution in [3.05, 3.63) is 47.9 Å². The summed E-state index contributed by atoms with van der Waals surface area (Å²) >= 11 is 1.62. The van der Waals surface area contributed by atoms with Gasteiger partial charge in [0.05, 0.1) is 11.5 Å². The van der Waals surface area contributed by atoms with Crippen molar-refractivity contribution in [1.29, 1.82) is 0 Å². The monoisotopic (exact) mass is 314 g/mol. The summed E-state index contributed by atoms with van der Waals surface area (Å²) in [6.45, 7) is 0. The van der Waals surface area contributed by atoms with E-state index in [1.165, 1.54) is 12.8 Å². The lowest BCUT2D eigenvalue weighted by atomic mass is 10.2. The molecule has 1 fully saturated rings. The quantitative estimate of drug-likeness (QED) is 0.689. The van der Waals surface area contributed by atoms with E-state index < -0.39 is 0 Å². The molecule has 4 rings (SSSR count). The van der Waals surface area contributed by atoms with Crippen LogP contribution in [0.3, 0.4) is 0 Å². The van der Waals surface area contributed by atoms with E-state index in [9.17, 15) is 0 Å². The van der Waals surface area contributed by atoms with Crippen LogP contribution < -0.4 is 0 Å². The van der Waals surface area contributed by atoms with Gasteiger partial charge in [0.25, 0.3) is 0 Å². The van der Waals surface area contributed by atoms with Crippen LogP contribution in [0.2, 0.25) is 0 Å². The van der Waals surface area contributed by atoms with Crippen LogP contribution in [0.5, 0.6) is 0 Å². The Kier molecular flexibility index (Phi) is 3.64. The number of rotatable bonds is 6. The van der Waals surface area contributed by atoms with Gasteiger partial charge in [-0.3, -0.25) is 0 Å². The fourth-order valence-corrected chi connectivity index (χ4v) is 2.75. The summed E-state index contributed by atoms with van der Waals surface area (Å²) < 4.78 is 10.9. The van der Waals surface area contributed by atoms with Crippen LogP contribution >= 0.6 is 11.8 Å². The normalized spacial score (nSPS) is 14.4. The van der Waals surface area contributed by atoms with Gasteiger partial charge in [0, 0.05) is 11.5 Å². The summed E-state index contributed by atoms with van der Waals surface area (Å²) in [5.41, 5.74) is 0.928. The molecule has 0 N–H and O–H groups in total. The largest absolute Gasteiger partial charge is 0.420 e. The van der Waals surface area contributed by atoms with Crippen LogP contribution in [0.1, 0.15) is 36.4 Å². The van der Waals surface area contributed by atoms with Crippen LogP contribution in [0.15, 0.2) is 39.3 Å². The summed E-state index contributed by atoms with van der Waals surface area (Å²) in [4.78, 5) is 4.39. The van der Waals surface area contributed by atoms with E-state index in [1.54, 1.807) is 11.8 Å². The molecule has 0 spiro atoms. The van der Waals surface area contributed by atoms with Gasteiger partial charge in [0.15, 0.2) is 5.82 Å². The Morgan fingerprint density at radius 3 is 2.68 bits per heavy atom. The zero-order valence-electron chi connectivity index (χ0n) is 11.8. The molecular weight excluding hydrogens is 300 g/mol. The zero-order valence-corrected chi connectivity index (χ0v) is 12.6. The molecule has 1 aliphatic carbocycles. The Bertz CT molecular complexity index is 752. The molecule has 1 aliphatic rings. The van der Waals surface area contributed by atoms with E-state index >= 15 is 0 Å². The molecule has 2 heterocycles. The maximum atomic E-state index is 5.65. The minimum absolute atomic E-state index is 0.520. The van der Waals surface area contributed by atoms with Crippen LogP contribution in [0, 0.1) is 0 Å². The van der Waals surface area contributed by atoms with Gasteiger partial charge in [-0.1, -0.05) is 23.4 Å². The highest BCUT2D eigenvalue weighted by Crippen LogP contribution is 2.38. The minimum Gasteiger partial charge on any atom is -0.420 e. The number of nitrogens with zero attached hydrogens (tertiary/aromatic N) is 4. The van der Waals surface area contributed by atoms with Gasteiger partial charge in [0.2, 0.25) is 17.7 Å². The fraction of sp³-hybridized carbons (Fsp3) is 0.333. The van der Waals surface area contributed by atoms with Gasteiger partial charge in [-0.05, 0) is 25.0 Å². The third-order valence-electron chi connectivity index (χ3n) is 3.36.